The fourth-order valence-electron chi connectivity index (χ4n) is 1.45. The Bertz CT molecular complexity index is 305. The highest BCUT2D eigenvalue weighted by atomic mass is 16.5. The minimum Gasteiger partial charge on any atom is -0.626 e. The van der Waals surface area contributed by atoms with Gasteiger partial charge in [0, 0.05) is 18.9 Å². The number of furan rings is 1. The molecule has 1 fully saturated rings. The summed E-state index contributed by atoms with van der Waals surface area (Å²) in [4.78, 5) is 2.02. The number of nitrogens with zero attached hydrogens (tertiary/aromatic N) is 1. The SMILES string of the molecule is CN(C)Cc1ccc([NH+]([O-])C2CC2)o1. The molecule has 1 aromatic heterocycles. The molecule has 4 heteroatoms. The van der Waals surface area contributed by atoms with Crippen LogP contribution in [0.25, 0.3) is 0 Å². The number of hydroxylamine groups is 1. The van der Waals surface area contributed by atoms with Gasteiger partial charge in [-0.25, -0.2) is 0 Å². The highest BCUT2D eigenvalue weighted by Crippen LogP contribution is 2.19. The van der Waals surface area contributed by atoms with Crippen LogP contribution in [0.3, 0.4) is 0 Å². The molecule has 1 aliphatic carbocycles. The average Bonchev–Trinajstić information content (AvgIpc) is 2.86. The van der Waals surface area contributed by atoms with Gasteiger partial charge in [-0.2, -0.15) is 0 Å². The Morgan fingerprint density at radius 3 is 2.79 bits per heavy atom. The van der Waals surface area contributed by atoms with Crippen molar-refractivity contribution < 1.29 is 9.48 Å². The van der Waals surface area contributed by atoms with Gasteiger partial charge < -0.3 is 19.6 Å². The van der Waals surface area contributed by atoms with Crippen LogP contribution in [0.2, 0.25) is 0 Å². The third-order valence-corrected chi connectivity index (χ3v) is 2.32. The van der Waals surface area contributed by atoms with Crippen molar-refractivity contribution in [2.45, 2.75) is 25.4 Å². The lowest BCUT2D eigenvalue weighted by atomic mass is 10.4. The second-order valence-electron chi connectivity index (χ2n) is 4.14. The Kier molecular flexibility index (Phi) is 2.58. The van der Waals surface area contributed by atoms with Gasteiger partial charge in [0.15, 0.2) is 0 Å². The summed E-state index contributed by atoms with van der Waals surface area (Å²) in [6.07, 6.45) is 2.06. The maximum absolute atomic E-state index is 11.6. The van der Waals surface area contributed by atoms with Crippen LogP contribution in [0.1, 0.15) is 18.6 Å². The molecule has 0 amide bonds. The lowest BCUT2D eigenvalue weighted by Gasteiger charge is -2.17. The molecule has 14 heavy (non-hydrogen) atoms. The number of hydrogen-bond donors (Lipinski definition) is 1. The minimum absolute atomic E-state index is 0.176. The normalized spacial score (nSPS) is 18.9. The van der Waals surface area contributed by atoms with Gasteiger partial charge in [-0.15, -0.1) is 0 Å². The van der Waals surface area contributed by atoms with Crippen molar-refractivity contribution in [3.05, 3.63) is 23.1 Å². The third kappa shape index (κ3) is 2.15. The summed E-state index contributed by atoms with van der Waals surface area (Å²) in [6.45, 7) is 0.748. The van der Waals surface area contributed by atoms with Crippen LogP contribution < -0.4 is 5.06 Å². The largest absolute Gasteiger partial charge is 0.626 e. The second kappa shape index (κ2) is 3.73. The molecule has 0 aliphatic heterocycles. The molecule has 0 spiro atoms. The molecule has 1 atom stereocenters. The molecule has 0 saturated heterocycles. The fraction of sp³-hybridized carbons (Fsp3) is 0.600. The predicted octanol–water partition coefficient (Wildman–Crippen LogP) is 0.518. The number of hydrogen-bond acceptors (Lipinski definition) is 3. The van der Waals surface area contributed by atoms with E-state index in [4.69, 9.17) is 4.42 Å². The number of quaternary nitrogens is 1. The first-order valence-corrected chi connectivity index (χ1v) is 4.94. The van der Waals surface area contributed by atoms with Crippen molar-refractivity contribution in [2.75, 3.05) is 14.1 Å². The zero-order chi connectivity index (χ0) is 10.1. The van der Waals surface area contributed by atoms with E-state index in [-0.39, 0.29) is 11.1 Å². The third-order valence-electron chi connectivity index (χ3n) is 2.32. The molecule has 1 saturated carbocycles. The molecular weight excluding hydrogens is 180 g/mol. The Morgan fingerprint density at radius 2 is 2.21 bits per heavy atom. The number of rotatable bonds is 4. The highest BCUT2D eigenvalue weighted by Gasteiger charge is 2.31. The van der Waals surface area contributed by atoms with Gasteiger partial charge in [0.2, 0.25) is 0 Å². The van der Waals surface area contributed by atoms with E-state index in [0.29, 0.717) is 5.88 Å². The molecule has 1 N–H and O–H groups in total. The maximum Gasteiger partial charge on any atom is 0.295 e. The minimum atomic E-state index is 0.176. The second-order valence-corrected chi connectivity index (χ2v) is 4.14. The number of nitrogens with one attached hydrogen (secondary N) is 1. The van der Waals surface area contributed by atoms with Crippen molar-refractivity contribution >= 4 is 5.88 Å². The summed E-state index contributed by atoms with van der Waals surface area (Å²) < 4.78 is 5.47. The van der Waals surface area contributed by atoms with Gasteiger partial charge in [0.1, 0.15) is 5.76 Å². The van der Waals surface area contributed by atoms with E-state index in [1.807, 2.05) is 25.1 Å². The van der Waals surface area contributed by atoms with Crippen LogP contribution >= 0.6 is 0 Å². The lowest BCUT2D eigenvalue weighted by molar-refractivity contribution is -0.798. The molecule has 2 rings (SSSR count). The van der Waals surface area contributed by atoms with Gasteiger partial charge in [-0.1, -0.05) is 0 Å². The summed E-state index contributed by atoms with van der Waals surface area (Å²) in [6, 6.07) is 3.92. The van der Waals surface area contributed by atoms with E-state index in [1.165, 1.54) is 0 Å². The van der Waals surface area contributed by atoms with Gasteiger partial charge in [-0.05, 0) is 20.2 Å². The van der Waals surface area contributed by atoms with Crippen LogP contribution in [0, 0.1) is 5.21 Å². The van der Waals surface area contributed by atoms with Crippen LogP contribution in [0.4, 0.5) is 5.88 Å². The zero-order valence-corrected chi connectivity index (χ0v) is 8.62. The summed E-state index contributed by atoms with van der Waals surface area (Å²) in [7, 11) is 3.95. The monoisotopic (exact) mass is 196 g/mol. The average molecular weight is 196 g/mol. The van der Waals surface area contributed by atoms with Gasteiger partial charge in [0.05, 0.1) is 12.6 Å². The van der Waals surface area contributed by atoms with Crippen LogP contribution in [-0.2, 0) is 6.54 Å². The fourth-order valence-corrected chi connectivity index (χ4v) is 1.45. The van der Waals surface area contributed by atoms with Crippen molar-refractivity contribution in [2.24, 2.45) is 0 Å². The van der Waals surface area contributed by atoms with E-state index in [2.05, 4.69) is 0 Å². The first-order chi connectivity index (χ1) is 6.66. The van der Waals surface area contributed by atoms with Crippen LogP contribution in [0.5, 0.6) is 0 Å². The van der Waals surface area contributed by atoms with E-state index < -0.39 is 0 Å². The Morgan fingerprint density at radius 1 is 1.50 bits per heavy atom. The van der Waals surface area contributed by atoms with Crippen molar-refractivity contribution in [3.63, 3.8) is 0 Å². The summed E-state index contributed by atoms with van der Waals surface area (Å²) in [5.41, 5.74) is 0. The highest BCUT2D eigenvalue weighted by molar-refractivity contribution is 5.18. The van der Waals surface area contributed by atoms with Crippen molar-refractivity contribution in [3.8, 4) is 0 Å². The predicted molar refractivity (Wildman–Crippen MR) is 53.1 cm³/mol. The summed E-state index contributed by atoms with van der Waals surface area (Å²) in [5, 5.41) is 11.8. The molecule has 0 aromatic carbocycles. The molecule has 4 nitrogen and oxygen atoms in total. The van der Waals surface area contributed by atoms with E-state index >= 15 is 0 Å². The lowest BCUT2D eigenvalue weighted by Crippen LogP contribution is -3.03. The quantitative estimate of drug-likeness (QED) is 0.714. The molecule has 1 heterocycles. The molecule has 0 radical (unpaired) electrons. The van der Waals surface area contributed by atoms with Gasteiger partial charge >= 0.3 is 0 Å². The Balaban J connectivity index is 2.01. The van der Waals surface area contributed by atoms with E-state index in [1.54, 1.807) is 6.07 Å². The zero-order valence-electron chi connectivity index (χ0n) is 8.62. The van der Waals surface area contributed by atoms with E-state index in [0.717, 1.165) is 25.1 Å². The first-order valence-electron chi connectivity index (χ1n) is 4.94. The summed E-state index contributed by atoms with van der Waals surface area (Å²) >= 11 is 0. The molecule has 1 aliphatic rings. The summed E-state index contributed by atoms with van der Waals surface area (Å²) in [5.74, 6) is 1.39. The topological polar surface area (TPSA) is 43.9 Å². The molecule has 1 aromatic rings. The molecule has 78 valence electrons. The van der Waals surface area contributed by atoms with E-state index in [9.17, 15) is 5.21 Å². The van der Waals surface area contributed by atoms with Crippen molar-refractivity contribution in [1.82, 2.24) is 4.90 Å². The first kappa shape index (κ1) is 9.71. The molecule has 0 bridgehead atoms. The van der Waals surface area contributed by atoms with Gasteiger partial charge in [-0.3, -0.25) is 0 Å². The van der Waals surface area contributed by atoms with Gasteiger partial charge in [0.25, 0.3) is 5.88 Å². The molecular formula is C10H16N2O2. The van der Waals surface area contributed by atoms with Crippen LogP contribution in [-0.4, -0.2) is 25.0 Å². The maximum atomic E-state index is 11.6. The standard InChI is InChI=1S/C10H16N2O2/c1-11(2)7-9-5-6-10(14-9)12(13)8-3-4-8/h5-6,8,12H,3-4,7H2,1-2H3. The van der Waals surface area contributed by atoms with Crippen LogP contribution in [0.15, 0.2) is 16.5 Å². The van der Waals surface area contributed by atoms with Crippen molar-refractivity contribution in [1.29, 1.82) is 0 Å². The Labute approximate surface area is 83.7 Å². The Hall–Kier alpha value is -0.840. The smallest absolute Gasteiger partial charge is 0.295 e. The molecule has 1 unspecified atom stereocenters.